The molecule has 0 aliphatic heterocycles. The second-order valence-electron chi connectivity index (χ2n) is 4.96. The number of hydrogen-bond acceptors (Lipinski definition) is 2. The number of carbonyl (C=O) groups excluding carboxylic acids is 1. The lowest BCUT2D eigenvalue weighted by Gasteiger charge is -2.19. The van der Waals surface area contributed by atoms with Crippen molar-refractivity contribution in [1.82, 2.24) is 10.3 Å². The number of fused-ring (bicyclic) bond motifs is 1. The van der Waals surface area contributed by atoms with Crippen molar-refractivity contribution in [2.45, 2.75) is 25.3 Å². The number of nitrogens with one attached hydrogen (secondary N) is 1. The van der Waals surface area contributed by atoms with Crippen molar-refractivity contribution >= 4 is 28.4 Å². The molecular weight excluding hydrogens is 272 g/mol. The maximum Gasteiger partial charge on any atom is 0.252 e. The summed E-state index contributed by atoms with van der Waals surface area (Å²) >= 11 is 6.01. The number of rotatable bonds is 2. The number of benzene rings is 1. The van der Waals surface area contributed by atoms with Gasteiger partial charge in [-0.15, -0.1) is 0 Å². The van der Waals surface area contributed by atoms with Crippen molar-refractivity contribution in [2.24, 2.45) is 0 Å². The maximum absolute atomic E-state index is 12.5. The molecule has 1 heterocycles. The van der Waals surface area contributed by atoms with Gasteiger partial charge in [-0.1, -0.05) is 42.0 Å². The second kappa shape index (κ2) is 5.63. The predicted octanol–water partition coefficient (Wildman–Crippen LogP) is 3.73. The summed E-state index contributed by atoms with van der Waals surface area (Å²) in [5, 5.41) is 4.26. The minimum Gasteiger partial charge on any atom is -0.349 e. The molecule has 0 bridgehead atoms. The van der Waals surface area contributed by atoms with Crippen LogP contribution in [0.1, 0.15) is 29.6 Å². The van der Waals surface area contributed by atoms with E-state index in [2.05, 4.69) is 22.5 Å². The van der Waals surface area contributed by atoms with E-state index in [1.54, 1.807) is 6.07 Å². The molecule has 1 aliphatic carbocycles. The third kappa shape index (κ3) is 2.68. The Kier molecular flexibility index (Phi) is 3.70. The van der Waals surface area contributed by atoms with Crippen LogP contribution >= 0.6 is 11.6 Å². The van der Waals surface area contributed by atoms with Gasteiger partial charge in [0.05, 0.1) is 11.1 Å². The van der Waals surface area contributed by atoms with Crippen LogP contribution in [0.4, 0.5) is 0 Å². The van der Waals surface area contributed by atoms with E-state index in [9.17, 15) is 4.79 Å². The lowest BCUT2D eigenvalue weighted by atomic mass is 10.0. The number of amides is 1. The zero-order valence-electron chi connectivity index (χ0n) is 11.0. The highest BCUT2D eigenvalue weighted by Crippen LogP contribution is 2.21. The number of hydrogen-bond donors (Lipinski definition) is 1. The molecule has 1 atom stereocenters. The van der Waals surface area contributed by atoms with Crippen LogP contribution in [0.2, 0.25) is 5.15 Å². The third-order valence-electron chi connectivity index (χ3n) is 3.53. The molecule has 3 rings (SSSR count). The van der Waals surface area contributed by atoms with E-state index >= 15 is 0 Å². The molecule has 2 aromatic rings. The molecule has 102 valence electrons. The van der Waals surface area contributed by atoms with Gasteiger partial charge < -0.3 is 5.32 Å². The molecule has 1 aliphatic rings. The van der Waals surface area contributed by atoms with Crippen LogP contribution in [0.5, 0.6) is 0 Å². The Morgan fingerprint density at radius 1 is 1.30 bits per heavy atom. The van der Waals surface area contributed by atoms with Crippen molar-refractivity contribution in [2.75, 3.05) is 0 Å². The molecule has 1 N–H and O–H groups in total. The molecule has 1 unspecified atom stereocenters. The van der Waals surface area contributed by atoms with Gasteiger partial charge in [-0.3, -0.25) is 4.79 Å². The Balaban J connectivity index is 1.92. The van der Waals surface area contributed by atoms with Crippen LogP contribution in [-0.2, 0) is 0 Å². The fourth-order valence-electron chi connectivity index (χ4n) is 2.52. The predicted molar refractivity (Wildman–Crippen MR) is 81.0 cm³/mol. The monoisotopic (exact) mass is 286 g/mol. The standard InChI is InChI=1S/C16H15ClN2O/c17-15-10-13(12-8-4-5-9-14(12)19-15)16(20)18-11-6-2-1-3-7-11/h1-2,4-5,8-11H,3,6-7H2,(H,18,20). The number of carbonyl (C=O) groups is 1. The van der Waals surface area contributed by atoms with Crippen LogP contribution in [0, 0.1) is 0 Å². The first-order valence-corrected chi connectivity index (χ1v) is 7.13. The summed E-state index contributed by atoms with van der Waals surface area (Å²) in [5.74, 6) is -0.0780. The molecule has 1 aromatic heterocycles. The van der Waals surface area contributed by atoms with Gasteiger partial charge in [0.15, 0.2) is 0 Å². The first-order valence-electron chi connectivity index (χ1n) is 6.75. The van der Waals surface area contributed by atoms with Crippen LogP contribution in [-0.4, -0.2) is 16.9 Å². The van der Waals surface area contributed by atoms with E-state index < -0.39 is 0 Å². The number of allylic oxidation sites excluding steroid dienone is 1. The van der Waals surface area contributed by atoms with E-state index in [0.29, 0.717) is 10.7 Å². The summed E-state index contributed by atoms with van der Waals surface area (Å²) < 4.78 is 0. The van der Waals surface area contributed by atoms with Gasteiger partial charge in [0.1, 0.15) is 5.15 Å². The lowest BCUT2D eigenvalue weighted by Crippen LogP contribution is -2.35. The SMILES string of the molecule is O=C(NC1CC=CCC1)c1cc(Cl)nc2ccccc12. The minimum atomic E-state index is -0.0780. The molecule has 0 fully saturated rings. The minimum absolute atomic E-state index is 0.0780. The molecule has 1 aromatic carbocycles. The van der Waals surface area contributed by atoms with Gasteiger partial charge in [-0.2, -0.15) is 0 Å². The quantitative estimate of drug-likeness (QED) is 0.675. The zero-order valence-corrected chi connectivity index (χ0v) is 11.7. The van der Waals surface area contributed by atoms with E-state index in [0.717, 1.165) is 30.2 Å². The summed E-state index contributed by atoms with van der Waals surface area (Å²) in [6.07, 6.45) is 7.16. The smallest absolute Gasteiger partial charge is 0.252 e. The molecule has 3 nitrogen and oxygen atoms in total. The van der Waals surface area contributed by atoms with Crippen molar-refractivity contribution in [3.05, 3.63) is 53.2 Å². The van der Waals surface area contributed by atoms with Gasteiger partial charge in [-0.05, 0) is 31.4 Å². The first kappa shape index (κ1) is 13.1. The van der Waals surface area contributed by atoms with Gasteiger partial charge in [0, 0.05) is 11.4 Å². The lowest BCUT2D eigenvalue weighted by molar-refractivity contribution is 0.0936. The highest BCUT2D eigenvalue weighted by Gasteiger charge is 2.17. The average molecular weight is 287 g/mol. The molecular formula is C16H15ClN2O. The largest absolute Gasteiger partial charge is 0.349 e. The molecule has 0 saturated heterocycles. The van der Waals surface area contributed by atoms with Gasteiger partial charge in [0.2, 0.25) is 0 Å². The van der Waals surface area contributed by atoms with E-state index in [4.69, 9.17) is 11.6 Å². The fourth-order valence-corrected chi connectivity index (χ4v) is 2.72. The Labute approximate surface area is 122 Å². The van der Waals surface area contributed by atoms with Crippen LogP contribution in [0.3, 0.4) is 0 Å². The van der Waals surface area contributed by atoms with E-state index in [-0.39, 0.29) is 11.9 Å². The first-order chi connectivity index (χ1) is 9.74. The molecule has 0 saturated carbocycles. The van der Waals surface area contributed by atoms with Crippen LogP contribution in [0.25, 0.3) is 10.9 Å². The van der Waals surface area contributed by atoms with Gasteiger partial charge in [0.25, 0.3) is 5.91 Å². The van der Waals surface area contributed by atoms with Crippen molar-refractivity contribution < 1.29 is 4.79 Å². The topological polar surface area (TPSA) is 42.0 Å². The summed E-state index contributed by atoms with van der Waals surface area (Å²) in [4.78, 5) is 16.7. The number of halogens is 1. The molecule has 0 radical (unpaired) electrons. The Bertz CT molecular complexity index is 681. The summed E-state index contributed by atoms with van der Waals surface area (Å²) in [6.45, 7) is 0. The molecule has 20 heavy (non-hydrogen) atoms. The normalized spacial score (nSPS) is 18.1. The van der Waals surface area contributed by atoms with Crippen molar-refractivity contribution in [3.63, 3.8) is 0 Å². The molecule has 0 spiro atoms. The zero-order chi connectivity index (χ0) is 13.9. The number of pyridine rings is 1. The Morgan fingerprint density at radius 2 is 2.15 bits per heavy atom. The highest BCUT2D eigenvalue weighted by molar-refractivity contribution is 6.30. The second-order valence-corrected chi connectivity index (χ2v) is 5.35. The Hall–Kier alpha value is -1.87. The van der Waals surface area contributed by atoms with Crippen LogP contribution < -0.4 is 5.32 Å². The summed E-state index contributed by atoms with van der Waals surface area (Å²) in [7, 11) is 0. The number of para-hydroxylation sites is 1. The third-order valence-corrected chi connectivity index (χ3v) is 3.73. The van der Waals surface area contributed by atoms with Gasteiger partial charge >= 0.3 is 0 Å². The number of aromatic nitrogens is 1. The van der Waals surface area contributed by atoms with Crippen molar-refractivity contribution in [3.8, 4) is 0 Å². The van der Waals surface area contributed by atoms with E-state index in [1.807, 2.05) is 24.3 Å². The Morgan fingerprint density at radius 3 is 2.95 bits per heavy atom. The average Bonchev–Trinajstić information content (AvgIpc) is 2.47. The fraction of sp³-hybridized carbons (Fsp3) is 0.250. The molecule has 4 heteroatoms. The van der Waals surface area contributed by atoms with Crippen LogP contribution in [0.15, 0.2) is 42.5 Å². The summed E-state index contributed by atoms with van der Waals surface area (Å²) in [6, 6.07) is 9.39. The summed E-state index contributed by atoms with van der Waals surface area (Å²) in [5.41, 5.74) is 1.34. The highest BCUT2D eigenvalue weighted by atomic mass is 35.5. The van der Waals surface area contributed by atoms with Crippen molar-refractivity contribution in [1.29, 1.82) is 0 Å². The van der Waals surface area contributed by atoms with Gasteiger partial charge in [-0.25, -0.2) is 4.98 Å². The molecule has 1 amide bonds. The number of nitrogens with zero attached hydrogens (tertiary/aromatic N) is 1. The van der Waals surface area contributed by atoms with E-state index in [1.165, 1.54) is 0 Å². The maximum atomic E-state index is 12.5.